The van der Waals surface area contributed by atoms with Gasteiger partial charge in [-0.3, -0.25) is 0 Å². The quantitative estimate of drug-likeness (QED) is 0.394. The molecule has 1 aromatic heterocycles. The maximum Gasteiger partial charge on any atom is 0.188 e. The van der Waals surface area contributed by atoms with E-state index in [1.165, 1.54) is 11.8 Å². The Bertz CT molecular complexity index is 589. The van der Waals surface area contributed by atoms with Gasteiger partial charge >= 0.3 is 0 Å². The van der Waals surface area contributed by atoms with Crippen molar-refractivity contribution in [3.8, 4) is 0 Å². The van der Waals surface area contributed by atoms with Crippen LogP contribution in [0.4, 0.5) is 0 Å². The van der Waals surface area contributed by atoms with Crippen molar-refractivity contribution in [2.45, 2.75) is 9.92 Å². The molecular weight excluding hydrogens is 314 g/mol. The Morgan fingerprint density at radius 1 is 1.22 bits per heavy atom. The van der Waals surface area contributed by atoms with Gasteiger partial charge in [-0.05, 0) is 40.2 Å². The summed E-state index contributed by atoms with van der Waals surface area (Å²) in [4.78, 5) is 5.36. The molecule has 1 heterocycles. The number of halogens is 1. The van der Waals surface area contributed by atoms with E-state index < -0.39 is 0 Å². The number of aromatic nitrogens is 1. The van der Waals surface area contributed by atoms with Gasteiger partial charge in [-0.15, -0.1) is 0 Å². The third-order valence-corrected chi connectivity index (χ3v) is 4.11. The summed E-state index contributed by atoms with van der Waals surface area (Å²) in [6.07, 6.45) is 0. The monoisotopic (exact) mass is 323 g/mol. The largest absolute Gasteiger partial charge is 0.409 e. The van der Waals surface area contributed by atoms with E-state index in [-0.39, 0.29) is 5.84 Å². The highest BCUT2D eigenvalue weighted by atomic mass is 79.9. The van der Waals surface area contributed by atoms with Crippen LogP contribution >= 0.6 is 27.7 Å². The van der Waals surface area contributed by atoms with E-state index >= 15 is 0 Å². The number of hydrogen-bond acceptors (Lipinski definition) is 4. The number of hydrogen-bond donors (Lipinski definition) is 2. The van der Waals surface area contributed by atoms with E-state index in [1.54, 1.807) is 6.07 Å². The normalized spacial score (nSPS) is 11.5. The molecule has 0 atom stereocenters. The van der Waals surface area contributed by atoms with Gasteiger partial charge in [-0.1, -0.05) is 35.1 Å². The maximum absolute atomic E-state index is 8.62. The zero-order valence-electron chi connectivity index (χ0n) is 9.25. The fourth-order valence-electron chi connectivity index (χ4n) is 1.31. The second kappa shape index (κ2) is 5.88. The fourth-order valence-corrected chi connectivity index (χ4v) is 2.66. The molecule has 0 aliphatic heterocycles. The topological polar surface area (TPSA) is 71.5 Å². The van der Waals surface area contributed by atoms with Gasteiger partial charge in [0.2, 0.25) is 0 Å². The highest BCUT2D eigenvalue weighted by molar-refractivity contribution is 9.10. The third-order valence-electron chi connectivity index (χ3n) is 2.14. The van der Waals surface area contributed by atoms with Crippen molar-refractivity contribution in [3.05, 3.63) is 52.6 Å². The van der Waals surface area contributed by atoms with Crippen LogP contribution in [0, 0.1) is 0 Å². The Labute approximate surface area is 117 Å². The van der Waals surface area contributed by atoms with Crippen molar-refractivity contribution in [1.82, 2.24) is 4.98 Å². The van der Waals surface area contributed by atoms with Crippen molar-refractivity contribution >= 4 is 33.5 Å². The van der Waals surface area contributed by atoms with Crippen molar-refractivity contribution < 1.29 is 5.21 Å². The summed E-state index contributed by atoms with van der Waals surface area (Å²) < 4.78 is 1.01. The van der Waals surface area contributed by atoms with E-state index in [9.17, 15) is 0 Å². The summed E-state index contributed by atoms with van der Waals surface area (Å²) in [5.74, 6) is 0.00424. The molecule has 0 amide bonds. The Kier molecular flexibility index (Phi) is 4.22. The minimum Gasteiger partial charge on any atom is -0.409 e. The van der Waals surface area contributed by atoms with Crippen molar-refractivity contribution in [2.75, 3.05) is 0 Å². The molecule has 0 saturated heterocycles. The first-order valence-corrected chi connectivity index (χ1v) is 6.69. The summed E-state index contributed by atoms with van der Waals surface area (Å²) >= 11 is 4.98. The van der Waals surface area contributed by atoms with Crippen LogP contribution in [0.3, 0.4) is 0 Å². The van der Waals surface area contributed by atoms with Gasteiger partial charge in [0.1, 0.15) is 10.7 Å². The van der Waals surface area contributed by atoms with Gasteiger partial charge in [0, 0.05) is 9.37 Å². The molecule has 2 aromatic rings. The third kappa shape index (κ3) is 3.02. The SMILES string of the molecule is NC(=NO)c1cccc(Sc2ccccc2Br)n1. The molecule has 0 unspecified atom stereocenters. The van der Waals surface area contributed by atoms with Crippen LogP contribution in [0.1, 0.15) is 5.69 Å². The average molecular weight is 324 g/mol. The van der Waals surface area contributed by atoms with E-state index in [1.807, 2.05) is 36.4 Å². The molecule has 2 rings (SSSR count). The summed E-state index contributed by atoms with van der Waals surface area (Å²) in [6.45, 7) is 0. The highest BCUT2D eigenvalue weighted by Gasteiger charge is 2.05. The van der Waals surface area contributed by atoms with Gasteiger partial charge in [0.05, 0.1) is 0 Å². The van der Waals surface area contributed by atoms with Crippen LogP contribution in [0.25, 0.3) is 0 Å². The van der Waals surface area contributed by atoms with E-state index in [0.717, 1.165) is 14.4 Å². The molecule has 4 nitrogen and oxygen atoms in total. The number of nitrogens with zero attached hydrogens (tertiary/aromatic N) is 2. The number of amidine groups is 1. The number of pyridine rings is 1. The summed E-state index contributed by atoms with van der Waals surface area (Å²) in [5.41, 5.74) is 5.96. The van der Waals surface area contributed by atoms with Gasteiger partial charge in [0.15, 0.2) is 5.84 Å². The summed E-state index contributed by atoms with van der Waals surface area (Å²) in [7, 11) is 0. The van der Waals surface area contributed by atoms with Gasteiger partial charge < -0.3 is 10.9 Å². The fraction of sp³-hybridized carbons (Fsp3) is 0. The lowest BCUT2D eigenvalue weighted by molar-refractivity contribution is 0.318. The molecule has 1 aromatic carbocycles. The first-order chi connectivity index (χ1) is 8.70. The van der Waals surface area contributed by atoms with Crippen LogP contribution < -0.4 is 5.73 Å². The molecule has 0 fully saturated rings. The van der Waals surface area contributed by atoms with Crippen LogP contribution in [0.15, 0.2) is 62.0 Å². The second-order valence-electron chi connectivity index (χ2n) is 3.38. The lowest BCUT2D eigenvalue weighted by Crippen LogP contribution is -2.14. The standard InChI is InChI=1S/C12H10BrN3OS/c13-8-4-1-2-6-10(8)18-11-7-3-5-9(15-11)12(14)16-17/h1-7,17H,(H2,14,16). The van der Waals surface area contributed by atoms with E-state index in [2.05, 4.69) is 26.1 Å². The minimum atomic E-state index is 0.00424. The predicted molar refractivity (Wildman–Crippen MR) is 75.0 cm³/mol. The zero-order chi connectivity index (χ0) is 13.0. The molecule has 18 heavy (non-hydrogen) atoms. The molecular formula is C12H10BrN3OS. The second-order valence-corrected chi connectivity index (χ2v) is 5.30. The Morgan fingerprint density at radius 3 is 2.72 bits per heavy atom. The Balaban J connectivity index is 2.28. The Hall–Kier alpha value is -1.53. The number of rotatable bonds is 3. The maximum atomic E-state index is 8.62. The molecule has 0 saturated carbocycles. The number of benzene rings is 1. The molecule has 0 aliphatic rings. The summed E-state index contributed by atoms with van der Waals surface area (Å²) in [5, 5.41) is 12.3. The lowest BCUT2D eigenvalue weighted by atomic mass is 10.3. The summed E-state index contributed by atoms with van der Waals surface area (Å²) in [6, 6.07) is 13.3. The number of oxime groups is 1. The van der Waals surface area contributed by atoms with E-state index in [0.29, 0.717) is 5.69 Å². The molecule has 0 aliphatic carbocycles. The smallest absolute Gasteiger partial charge is 0.188 e. The molecule has 3 N–H and O–H groups in total. The highest BCUT2D eigenvalue weighted by Crippen LogP contribution is 2.32. The van der Waals surface area contributed by atoms with Crippen LogP contribution in [0.5, 0.6) is 0 Å². The molecule has 0 bridgehead atoms. The van der Waals surface area contributed by atoms with Gasteiger partial charge in [-0.25, -0.2) is 4.98 Å². The van der Waals surface area contributed by atoms with Crippen LogP contribution in [-0.2, 0) is 0 Å². The minimum absolute atomic E-state index is 0.00424. The first kappa shape index (κ1) is 12.9. The lowest BCUT2D eigenvalue weighted by Gasteiger charge is -2.04. The molecule has 92 valence electrons. The predicted octanol–water partition coefficient (Wildman–Crippen LogP) is 3.09. The van der Waals surface area contributed by atoms with Crippen LogP contribution in [-0.4, -0.2) is 16.0 Å². The van der Waals surface area contributed by atoms with Crippen molar-refractivity contribution in [1.29, 1.82) is 0 Å². The average Bonchev–Trinajstić information content (AvgIpc) is 2.41. The molecule has 0 spiro atoms. The van der Waals surface area contributed by atoms with Crippen molar-refractivity contribution in [3.63, 3.8) is 0 Å². The Morgan fingerprint density at radius 2 is 2.00 bits per heavy atom. The molecule has 6 heteroatoms. The van der Waals surface area contributed by atoms with Gasteiger partial charge in [0.25, 0.3) is 0 Å². The first-order valence-electron chi connectivity index (χ1n) is 5.08. The molecule has 0 radical (unpaired) electrons. The number of nitrogens with two attached hydrogens (primary N) is 1. The van der Waals surface area contributed by atoms with Crippen LogP contribution in [0.2, 0.25) is 0 Å². The zero-order valence-corrected chi connectivity index (χ0v) is 11.6. The van der Waals surface area contributed by atoms with E-state index in [4.69, 9.17) is 10.9 Å². The van der Waals surface area contributed by atoms with Crippen molar-refractivity contribution in [2.24, 2.45) is 10.9 Å². The van der Waals surface area contributed by atoms with Gasteiger partial charge in [-0.2, -0.15) is 0 Å².